The number of fused-ring (bicyclic) bond motifs is 3. The molecule has 2 aliphatic heterocycles. The van der Waals surface area contributed by atoms with E-state index in [1.807, 2.05) is 6.07 Å². The van der Waals surface area contributed by atoms with Crippen LogP contribution in [0.2, 0.25) is 10.0 Å². The Morgan fingerprint density at radius 1 is 1.12 bits per heavy atom. The molecule has 2 aromatic rings. The predicted octanol–water partition coefficient (Wildman–Crippen LogP) is 7.46. The Balaban J connectivity index is 1.51. The largest absolute Gasteiger partial charge is 0.394 e. The fourth-order valence-electron chi connectivity index (χ4n) is 8.59. The minimum absolute atomic E-state index is 0.0139. The van der Waals surface area contributed by atoms with Crippen LogP contribution < -0.4 is 5.32 Å². The molecule has 3 fully saturated rings. The van der Waals surface area contributed by atoms with Crippen molar-refractivity contribution in [2.45, 2.75) is 82.7 Å². The molecule has 1 amide bonds. The summed E-state index contributed by atoms with van der Waals surface area (Å²) in [5, 5.41) is 13.1. The fraction of sp³-hybridized carbons (Fsp3) is 0.576. The van der Waals surface area contributed by atoms with E-state index in [9.17, 15) is 14.7 Å². The lowest BCUT2D eigenvalue weighted by Gasteiger charge is -2.51. The zero-order valence-electron chi connectivity index (χ0n) is 23.7. The molecule has 2 N–H and O–H groups in total. The third-order valence-corrected chi connectivity index (χ3v) is 11.3. The summed E-state index contributed by atoms with van der Waals surface area (Å²) in [4.78, 5) is 28.9. The Kier molecular flexibility index (Phi) is 7.54. The van der Waals surface area contributed by atoms with Crippen molar-refractivity contribution in [1.82, 2.24) is 0 Å². The first kappa shape index (κ1) is 29.1. The van der Waals surface area contributed by atoms with Gasteiger partial charge in [-0.05, 0) is 91.0 Å². The number of nitrogens with one attached hydrogen (secondary N) is 1. The Morgan fingerprint density at radius 2 is 1.88 bits per heavy atom. The Bertz CT molecular complexity index is 1360. The van der Waals surface area contributed by atoms with Gasteiger partial charge in [-0.3, -0.25) is 9.59 Å². The lowest BCUT2D eigenvalue weighted by molar-refractivity contribution is -0.127. The number of rotatable bonds is 5. The molecule has 4 aliphatic rings. The highest BCUT2D eigenvalue weighted by molar-refractivity contribution is 6.31. The number of benzene rings is 2. The van der Waals surface area contributed by atoms with Crippen molar-refractivity contribution in [2.24, 2.45) is 22.7 Å². The molecule has 0 radical (unpaired) electrons. The number of halogens is 3. The molecule has 0 bridgehead atoms. The zero-order chi connectivity index (χ0) is 29.2. The molecular formula is C33H38Cl2FNO4. The molecule has 2 spiro atoms. The van der Waals surface area contributed by atoms with Gasteiger partial charge in [0.25, 0.3) is 0 Å². The molecule has 41 heavy (non-hydrogen) atoms. The van der Waals surface area contributed by atoms with Crippen LogP contribution in [0.3, 0.4) is 0 Å². The fourth-order valence-corrected chi connectivity index (χ4v) is 8.94. The minimum Gasteiger partial charge on any atom is -0.394 e. The molecule has 220 valence electrons. The molecule has 2 heterocycles. The maximum atomic E-state index is 16.1. The summed E-state index contributed by atoms with van der Waals surface area (Å²) >= 11 is 12.7. The number of anilines is 1. The van der Waals surface area contributed by atoms with Crippen LogP contribution in [-0.4, -0.2) is 36.1 Å². The number of carbonyl (C=O) groups is 2. The number of carbonyl (C=O) groups excluding carboxylic acids is 2. The Morgan fingerprint density at radius 3 is 2.56 bits per heavy atom. The second-order valence-corrected chi connectivity index (χ2v) is 14.4. The maximum absolute atomic E-state index is 16.1. The van der Waals surface area contributed by atoms with E-state index in [2.05, 4.69) is 19.2 Å². The molecule has 5 nitrogen and oxygen atoms in total. The average Bonchev–Trinajstić information content (AvgIpc) is 3.40. The van der Waals surface area contributed by atoms with E-state index in [-0.39, 0.29) is 40.8 Å². The first-order chi connectivity index (χ1) is 19.5. The Labute approximate surface area is 251 Å². The van der Waals surface area contributed by atoms with E-state index in [4.69, 9.17) is 27.9 Å². The van der Waals surface area contributed by atoms with Crippen molar-refractivity contribution in [2.75, 3.05) is 18.5 Å². The van der Waals surface area contributed by atoms with Gasteiger partial charge in [0, 0.05) is 29.0 Å². The summed E-state index contributed by atoms with van der Waals surface area (Å²) in [6.45, 7) is 4.89. The van der Waals surface area contributed by atoms with Gasteiger partial charge < -0.3 is 15.2 Å². The van der Waals surface area contributed by atoms with Gasteiger partial charge in [0.05, 0.1) is 29.8 Å². The molecular weight excluding hydrogens is 564 g/mol. The quantitative estimate of drug-likeness (QED) is 0.373. The molecule has 1 saturated heterocycles. The van der Waals surface area contributed by atoms with Gasteiger partial charge in [-0.15, -0.1) is 0 Å². The monoisotopic (exact) mass is 601 g/mol. The van der Waals surface area contributed by atoms with E-state index < -0.39 is 28.5 Å². The molecule has 0 unspecified atom stereocenters. The van der Waals surface area contributed by atoms with Gasteiger partial charge in [0.2, 0.25) is 5.91 Å². The first-order valence-electron chi connectivity index (χ1n) is 14.8. The first-order valence-corrected chi connectivity index (χ1v) is 15.6. The van der Waals surface area contributed by atoms with Crippen LogP contribution in [-0.2, 0) is 19.7 Å². The minimum atomic E-state index is -1.14. The lowest BCUT2D eigenvalue weighted by atomic mass is 9.51. The second-order valence-electron chi connectivity index (χ2n) is 13.6. The summed E-state index contributed by atoms with van der Waals surface area (Å²) in [7, 11) is 0. The Hall–Kier alpha value is -1.99. The van der Waals surface area contributed by atoms with Gasteiger partial charge in [0.15, 0.2) is 0 Å². The predicted molar refractivity (Wildman–Crippen MR) is 158 cm³/mol. The summed E-state index contributed by atoms with van der Waals surface area (Å²) < 4.78 is 21.9. The molecule has 2 aromatic carbocycles. The topological polar surface area (TPSA) is 75.6 Å². The van der Waals surface area contributed by atoms with Crippen molar-refractivity contribution >= 4 is 40.6 Å². The summed E-state index contributed by atoms with van der Waals surface area (Å²) in [6.07, 6.45) is 5.46. The van der Waals surface area contributed by atoms with E-state index in [0.717, 1.165) is 37.7 Å². The van der Waals surface area contributed by atoms with Crippen LogP contribution in [0.4, 0.5) is 10.1 Å². The van der Waals surface area contributed by atoms with Gasteiger partial charge in [-0.25, -0.2) is 4.39 Å². The SMILES string of the molecule is CC1(C)CCC2(CC1)C[C@@H](C(=O)C[C@@H]1CC[C@@H](CO)OC1)[C@H](c1cccc(Cl)c1F)[C@]21C(=O)Nc2cc(Cl)ccc21. The van der Waals surface area contributed by atoms with Crippen LogP contribution in [0, 0.1) is 28.5 Å². The number of ether oxygens (including phenoxy) is 1. The van der Waals surface area contributed by atoms with Crippen molar-refractivity contribution in [3.8, 4) is 0 Å². The van der Waals surface area contributed by atoms with Gasteiger partial charge in [-0.1, -0.05) is 55.2 Å². The van der Waals surface area contributed by atoms with E-state index >= 15 is 4.39 Å². The number of ketones is 1. The van der Waals surface area contributed by atoms with Gasteiger partial charge in [0.1, 0.15) is 11.6 Å². The number of aliphatic hydroxyl groups excluding tert-OH is 1. The number of amides is 1. The van der Waals surface area contributed by atoms with E-state index in [1.165, 1.54) is 6.07 Å². The third kappa shape index (κ3) is 4.64. The molecule has 2 aliphatic carbocycles. The van der Waals surface area contributed by atoms with Crippen molar-refractivity contribution in [3.05, 3.63) is 63.4 Å². The maximum Gasteiger partial charge on any atom is 0.236 e. The average molecular weight is 603 g/mol. The van der Waals surface area contributed by atoms with Crippen LogP contribution in [0.1, 0.15) is 82.3 Å². The summed E-state index contributed by atoms with van der Waals surface area (Å²) in [5.41, 5.74) is 0.222. The molecule has 0 aromatic heterocycles. The number of Topliss-reactive ketones (excluding diaryl/α,β-unsaturated/α-hetero) is 1. The third-order valence-electron chi connectivity index (χ3n) is 10.8. The van der Waals surface area contributed by atoms with Gasteiger partial charge in [-0.2, -0.15) is 0 Å². The second kappa shape index (κ2) is 10.6. The number of hydrogen-bond donors (Lipinski definition) is 2. The highest BCUT2D eigenvalue weighted by Gasteiger charge is 2.72. The van der Waals surface area contributed by atoms with Crippen LogP contribution >= 0.6 is 23.2 Å². The molecule has 6 rings (SSSR count). The van der Waals surface area contributed by atoms with Crippen molar-refractivity contribution in [1.29, 1.82) is 0 Å². The lowest BCUT2D eigenvalue weighted by Crippen LogP contribution is -2.52. The smallest absolute Gasteiger partial charge is 0.236 e. The molecule has 5 atom stereocenters. The normalized spacial score (nSPS) is 31.8. The summed E-state index contributed by atoms with van der Waals surface area (Å²) in [6, 6.07) is 10.4. The van der Waals surface area contributed by atoms with Gasteiger partial charge >= 0.3 is 0 Å². The zero-order valence-corrected chi connectivity index (χ0v) is 25.2. The standard InChI is InChI=1S/C33H38Cl2FNO4/c1-31(2)10-12-32(13-11-31)16-23(27(39)14-19-6-8-21(17-38)41-18-19)28(22-4-3-5-25(35)29(22)36)33(32)24-9-7-20(34)15-26(24)37-30(33)40/h3-5,7,9,15,19,21,23,28,38H,6,8,10-14,16-18H2,1-2H3,(H,37,40)/t19-,21-,23-,28-,33+/m0/s1. The van der Waals surface area contributed by atoms with Crippen LogP contribution in [0.5, 0.6) is 0 Å². The summed E-state index contributed by atoms with van der Waals surface area (Å²) in [5.74, 6) is -1.95. The van der Waals surface area contributed by atoms with Crippen molar-refractivity contribution < 1.29 is 23.8 Å². The van der Waals surface area contributed by atoms with E-state index in [0.29, 0.717) is 42.1 Å². The van der Waals surface area contributed by atoms with Crippen molar-refractivity contribution in [3.63, 3.8) is 0 Å². The highest BCUT2D eigenvalue weighted by Crippen LogP contribution is 2.72. The molecule has 2 saturated carbocycles. The molecule has 8 heteroatoms. The number of aliphatic hydroxyl groups is 1. The van der Waals surface area contributed by atoms with Crippen LogP contribution in [0.25, 0.3) is 0 Å². The number of hydrogen-bond acceptors (Lipinski definition) is 4. The highest BCUT2D eigenvalue weighted by atomic mass is 35.5. The van der Waals surface area contributed by atoms with Crippen LogP contribution in [0.15, 0.2) is 36.4 Å². The van der Waals surface area contributed by atoms with E-state index in [1.54, 1.807) is 24.3 Å².